The Morgan fingerprint density at radius 2 is 2.18 bits per heavy atom. The van der Waals surface area contributed by atoms with Crippen molar-refractivity contribution in [1.29, 1.82) is 0 Å². The molecule has 0 aromatic heterocycles. The van der Waals surface area contributed by atoms with Crippen molar-refractivity contribution in [2.75, 3.05) is 18.0 Å². The lowest BCUT2D eigenvalue weighted by Gasteiger charge is -2.17. The van der Waals surface area contributed by atoms with Crippen LogP contribution in [0, 0.1) is 21.8 Å². The third-order valence-corrected chi connectivity index (χ3v) is 3.11. The highest BCUT2D eigenvalue weighted by Crippen LogP contribution is 2.27. The molecule has 2 unspecified atom stereocenters. The quantitative estimate of drug-likeness (QED) is 0.627. The number of nitro groups is 1. The number of hydrogen-bond acceptors (Lipinski definition) is 4. The minimum Gasteiger partial charge on any atom is -0.369 e. The van der Waals surface area contributed by atoms with Gasteiger partial charge < -0.3 is 10.6 Å². The van der Waals surface area contributed by atoms with Gasteiger partial charge in [-0.1, -0.05) is 6.92 Å². The average molecular weight is 239 g/mol. The summed E-state index contributed by atoms with van der Waals surface area (Å²) < 4.78 is 13.3. The summed E-state index contributed by atoms with van der Waals surface area (Å²) in [5, 5.41) is 10.6. The van der Waals surface area contributed by atoms with E-state index in [4.69, 9.17) is 5.73 Å². The molecule has 0 spiro atoms. The summed E-state index contributed by atoms with van der Waals surface area (Å²) in [6, 6.07) is 3.63. The fourth-order valence-corrected chi connectivity index (χ4v) is 2.05. The summed E-state index contributed by atoms with van der Waals surface area (Å²) >= 11 is 0. The highest BCUT2D eigenvalue weighted by molar-refractivity contribution is 5.54. The number of benzene rings is 1. The molecule has 0 saturated carbocycles. The third kappa shape index (κ3) is 2.36. The number of non-ortho nitro benzene ring substituents is 1. The highest BCUT2D eigenvalue weighted by Gasteiger charge is 2.27. The van der Waals surface area contributed by atoms with Crippen LogP contribution < -0.4 is 10.6 Å². The zero-order valence-electron chi connectivity index (χ0n) is 9.47. The predicted octanol–water partition coefficient (Wildman–Crippen LogP) is 1.52. The second kappa shape index (κ2) is 4.29. The topological polar surface area (TPSA) is 72.4 Å². The third-order valence-electron chi connectivity index (χ3n) is 3.11. The van der Waals surface area contributed by atoms with Crippen LogP contribution in [-0.4, -0.2) is 24.1 Å². The van der Waals surface area contributed by atoms with Crippen LogP contribution in [-0.2, 0) is 0 Å². The van der Waals surface area contributed by atoms with Crippen molar-refractivity contribution in [2.45, 2.75) is 13.0 Å². The van der Waals surface area contributed by atoms with E-state index in [1.165, 1.54) is 12.1 Å². The molecule has 0 bridgehead atoms. The normalized spacial score (nSPS) is 24.1. The molecule has 92 valence electrons. The smallest absolute Gasteiger partial charge is 0.274 e. The summed E-state index contributed by atoms with van der Waals surface area (Å²) in [6.07, 6.45) is 0. The lowest BCUT2D eigenvalue weighted by molar-refractivity contribution is -0.385. The van der Waals surface area contributed by atoms with Gasteiger partial charge in [-0.3, -0.25) is 10.1 Å². The van der Waals surface area contributed by atoms with Crippen LogP contribution in [0.25, 0.3) is 0 Å². The van der Waals surface area contributed by atoms with E-state index in [2.05, 4.69) is 0 Å². The zero-order valence-corrected chi connectivity index (χ0v) is 9.47. The van der Waals surface area contributed by atoms with E-state index in [0.29, 0.717) is 24.7 Å². The standard InChI is InChI=1S/C11H14FN3O2/c1-7-5-14(6-11(7)13)9-2-8(12)3-10(4-9)15(16)17/h2-4,7,11H,5-6,13H2,1H3. The van der Waals surface area contributed by atoms with E-state index in [-0.39, 0.29) is 11.7 Å². The van der Waals surface area contributed by atoms with Gasteiger partial charge >= 0.3 is 0 Å². The number of anilines is 1. The summed E-state index contributed by atoms with van der Waals surface area (Å²) in [6.45, 7) is 3.31. The van der Waals surface area contributed by atoms with Gasteiger partial charge in [0.25, 0.3) is 5.69 Å². The van der Waals surface area contributed by atoms with Gasteiger partial charge in [0.2, 0.25) is 0 Å². The summed E-state index contributed by atoms with van der Waals surface area (Å²) in [5.41, 5.74) is 6.17. The van der Waals surface area contributed by atoms with Crippen molar-refractivity contribution in [1.82, 2.24) is 0 Å². The van der Waals surface area contributed by atoms with Gasteiger partial charge in [0.15, 0.2) is 0 Å². The highest BCUT2D eigenvalue weighted by atomic mass is 19.1. The second-order valence-corrected chi connectivity index (χ2v) is 4.47. The molecule has 1 aliphatic rings. The number of nitrogens with zero attached hydrogens (tertiary/aromatic N) is 2. The van der Waals surface area contributed by atoms with Crippen LogP contribution in [0.4, 0.5) is 15.8 Å². The number of nitro benzene ring substituents is 1. The molecule has 1 saturated heterocycles. The maximum absolute atomic E-state index is 13.3. The molecule has 6 heteroatoms. The molecule has 1 fully saturated rings. The molecule has 0 radical (unpaired) electrons. The van der Waals surface area contributed by atoms with Crippen molar-refractivity contribution in [3.63, 3.8) is 0 Å². The Kier molecular flexibility index (Phi) is 2.97. The molecule has 2 rings (SSSR count). The Morgan fingerprint density at radius 3 is 2.71 bits per heavy atom. The van der Waals surface area contributed by atoms with Crippen molar-refractivity contribution in [3.05, 3.63) is 34.1 Å². The van der Waals surface area contributed by atoms with Crippen LogP contribution in [0.5, 0.6) is 0 Å². The van der Waals surface area contributed by atoms with E-state index < -0.39 is 10.7 Å². The fourth-order valence-electron chi connectivity index (χ4n) is 2.05. The molecule has 0 aliphatic carbocycles. The van der Waals surface area contributed by atoms with Gasteiger partial charge in [-0.15, -0.1) is 0 Å². The Balaban J connectivity index is 2.30. The molecule has 2 N–H and O–H groups in total. The fraction of sp³-hybridized carbons (Fsp3) is 0.455. The molecule has 1 aliphatic heterocycles. The van der Waals surface area contributed by atoms with Gasteiger partial charge in [-0.2, -0.15) is 0 Å². The van der Waals surface area contributed by atoms with Crippen molar-refractivity contribution in [2.24, 2.45) is 11.7 Å². The number of hydrogen-bond donors (Lipinski definition) is 1. The Morgan fingerprint density at radius 1 is 1.47 bits per heavy atom. The minimum atomic E-state index is -0.595. The molecule has 1 aromatic rings. The number of rotatable bonds is 2. The molecule has 1 aromatic carbocycles. The summed E-state index contributed by atoms with van der Waals surface area (Å²) in [5.74, 6) is -0.292. The van der Waals surface area contributed by atoms with Gasteiger partial charge in [-0.25, -0.2) is 4.39 Å². The zero-order chi connectivity index (χ0) is 12.6. The van der Waals surface area contributed by atoms with Crippen LogP contribution in [0.3, 0.4) is 0 Å². The van der Waals surface area contributed by atoms with Gasteiger partial charge in [0.05, 0.1) is 11.0 Å². The lowest BCUT2D eigenvalue weighted by Crippen LogP contribution is -2.28. The Labute approximate surface area is 98.2 Å². The van der Waals surface area contributed by atoms with Crippen LogP contribution >= 0.6 is 0 Å². The second-order valence-electron chi connectivity index (χ2n) is 4.47. The molecule has 5 nitrogen and oxygen atoms in total. The van der Waals surface area contributed by atoms with Crippen molar-refractivity contribution >= 4 is 11.4 Å². The van der Waals surface area contributed by atoms with E-state index in [0.717, 1.165) is 6.07 Å². The number of halogens is 1. The molecular weight excluding hydrogens is 225 g/mol. The molecular formula is C11H14FN3O2. The van der Waals surface area contributed by atoms with Gasteiger partial charge in [0, 0.05) is 30.9 Å². The first kappa shape index (κ1) is 11.8. The van der Waals surface area contributed by atoms with E-state index in [1.807, 2.05) is 11.8 Å². The predicted molar refractivity (Wildman–Crippen MR) is 62.4 cm³/mol. The van der Waals surface area contributed by atoms with E-state index >= 15 is 0 Å². The van der Waals surface area contributed by atoms with Crippen LogP contribution in [0.1, 0.15) is 6.92 Å². The maximum atomic E-state index is 13.3. The molecule has 0 amide bonds. The van der Waals surface area contributed by atoms with E-state index in [1.54, 1.807) is 0 Å². The summed E-state index contributed by atoms with van der Waals surface area (Å²) in [4.78, 5) is 11.9. The molecule has 2 atom stereocenters. The van der Waals surface area contributed by atoms with Gasteiger partial charge in [0.1, 0.15) is 5.82 Å². The minimum absolute atomic E-state index is 0.0253. The molecule has 17 heavy (non-hydrogen) atoms. The maximum Gasteiger partial charge on any atom is 0.274 e. The number of nitrogens with two attached hydrogens (primary N) is 1. The van der Waals surface area contributed by atoms with Crippen LogP contribution in [0.2, 0.25) is 0 Å². The van der Waals surface area contributed by atoms with Crippen molar-refractivity contribution in [3.8, 4) is 0 Å². The van der Waals surface area contributed by atoms with Crippen molar-refractivity contribution < 1.29 is 9.31 Å². The summed E-state index contributed by atoms with van der Waals surface area (Å²) in [7, 11) is 0. The Bertz CT molecular complexity index is 442. The van der Waals surface area contributed by atoms with Gasteiger partial charge in [-0.05, 0) is 12.0 Å². The largest absolute Gasteiger partial charge is 0.369 e. The lowest BCUT2D eigenvalue weighted by atomic mass is 10.1. The first-order chi connectivity index (χ1) is 7.97. The average Bonchev–Trinajstić information content (AvgIpc) is 2.58. The molecule has 1 heterocycles. The Hall–Kier alpha value is -1.69. The first-order valence-electron chi connectivity index (χ1n) is 5.43. The van der Waals surface area contributed by atoms with Crippen LogP contribution in [0.15, 0.2) is 18.2 Å². The monoisotopic (exact) mass is 239 g/mol. The SMILES string of the molecule is CC1CN(c2cc(F)cc([N+](=O)[O-])c2)CC1N. The van der Waals surface area contributed by atoms with E-state index in [9.17, 15) is 14.5 Å². The first-order valence-corrected chi connectivity index (χ1v) is 5.43.